The van der Waals surface area contributed by atoms with E-state index in [0.717, 1.165) is 19.4 Å². The fraction of sp³-hybridized carbons (Fsp3) is 0.538. The molecule has 0 spiro atoms. The molecular formula is C13H18BrNO4S. The lowest BCUT2D eigenvalue weighted by Crippen LogP contribution is -2.27. The Morgan fingerprint density at radius 1 is 1.45 bits per heavy atom. The molecule has 112 valence electrons. The smallest absolute Gasteiger partial charge is 0.241 e. The molecule has 0 amide bonds. The van der Waals surface area contributed by atoms with E-state index in [2.05, 4.69) is 20.7 Å². The molecule has 0 saturated carbocycles. The molecule has 1 aromatic carbocycles. The van der Waals surface area contributed by atoms with E-state index in [1.165, 1.54) is 6.07 Å². The predicted molar refractivity (Wildman–Crippen MR) is 78.8 cm³/mol. The minimum Gasteiger partial charge on any atom is -0.392 e. The minimum atomic E-state index is -3.58. The Labute approximate surface area is 127 Å². The van der Waals surface area contributed by atoms with Gasteiger partial charge < -0.3 is 9.84 Å². The van der Waals surface area contributed by atoms with Gasteiger partial charge in [-0.2, -0.15) is 0 Å². The van der Waals surface area contributed by atoms with Gasteiger partial charge >= 0.3 is 0 Å². The Morgan fingerprint density at radius 3 is 2.90 bits per heavy atom. The van der Waals surface area contributed by atoms with E-state index in [9.17, 15) is 8.42 Å². The zero-order valence-electron chi connectivity index (χ0n) is 11.0. The summed E-state index contributed by atoms with van der Waals surface area (Å²) < 4.78 is 33.0. The average molecular weight is 364 g/mol. The number of aliphatic hydroxyl groups excluding tert-OH is 1. The largest absolute Gasteiger partial charge is 0.392 e. The van der Waals surface area contributed by atoms with Gasteiger partial charge in [-0.1, -0.05) is 6.07 Å². The summed E-state index contributed by atoms with van der Waals surface area (Å²) in [4.78, 5) is 0.149. The fourth-order valence-electron chi connectivity index (χ4n) is 2.16. The van der Waals surface area contributed by atoms with Crippen LogP contribution in [0.3, 0.4) is 0 Å². The molecule has 1 heterocycles. The van der Waals surface area contributed by atoms with Gasteiger partial charge in [-0.05, 0) is 52.9 Å². The molecule has 0 aliphatic carbocycles. The molecule has 2 N–H and O–H groups in total. The van der Waals surface area contributed by atoms with Crippen LogP contribution in [0, 0.1) is 0 Å². The van der Waals surface area contributed by atoms with Crippen molar-refractivity contribution in [3.8, 4) is 0 Å². The summed E-state index contributed by atoms with van der Waals surface area (Å²) in [5, 5.41) is 9.09. The first-order valence-electron chi connectivity index (χ1n) is 6.53. The summed E-state index contributed by atoms with van der Waals surface area (Å²) in [6.45, 7) is 0.927. The van der Waals surface area contributed by atoms with Crippen molar-refractivity contribution in [2.45, 2.75) is 36.9 Å². The SMILES string of the molecule is O=S(=O)(NCCC1CCCO1)c1cc(CO)ccc1Br. The van der Waals surface area contributed by atoms with Gasteiger partial charge in [0.2, 0.25) is 10.0 Å². The summed E-state index contributed by atoms with van der Waals surface area (Å²) in [6, 6.07) is 4.77. The zero-order chi connectivity index (χ0) is 14.6. The predicted octanol–water partition coefficient (Wildman–Crippen LogP) is 1.79. The van der Waals surface area contributed by atoms with Crippen LogP contribution < -0.4 is 4.72 Å². The molecular weight excluding hydrogens is 346 g/mol. The van der Waals surface area contributed by atoms with Gasteiger partial charge in [0.25, 0.3) is 0 Å². The number of sulfonamides is 1. The number of hydrogen-bond acceptors (Lipinski definition) is 4. The molecule has 20 heavy (non-hydrogen) atoms. The van der Waals surface area contributed by atoms with Gasteiger partial charge in [0.05, 0.1) is 17.6 Å². The van der Waals surface area contributed by atoms with Gasteiger partial charge in [0.1, 0.15) is 0 Å². The second-order valence-corrected chi connectivity index (χ2v) is 7.33. The van der Waals surface area contributed by atoms with Crippen LogP contribution in [0.15, 0.2) is 27.6 Å². The van der Waals surface area contributed by atoms with Crippen LogP contribution in [0.25, 0.3) is 0 Å². The molecule has 7 heteroatoms. The van der Waals surface area contributed by atoms with E-state index in [1.807, 2.05) is 0 Å². The second-order valence-electron chi connectivity index (χ2n) is 4.74. The van der Waals surface area contributed by atoms with Crippen LogP contribution in [-0.4, -0.2) is 32.8 Å². The molecule has 1 fully saturated rings. The van der Waals surface area contributed by atoms with Crippen LogP contribution >= 0.6 is 15.9 Å². The molecule has 1 unspecified atom stereocenters. The maximum Gasteiger partial charge on any atom is 0.241 e. The standard InChI is InChI=1S/C13H18BrNO4S/c14-12-4-3-10(9-16)8-13(12)20(17,18)15-6-5-11-2-1-7-19-11/h3-4,8,11,15-16H,1-2,5-7,9H2. The Hall–Kier alpha value is -0.470. The van der Waals surface area contributed by atoms with E-state index in [0.29, 0.717) is 23.0 Å². The maximum absolute atomic E-state index is 12.2. The first kappa shape index (κ1) is 15.9. The second kappa shape index (κ2) is 7.00. The average Bonchev–Trinajstić information content (AvgIpc) is 2.92. The molecule has 1 aliphatic heterocycles. The van der Waals surface area contributed by atoms with Crippen molar-refractivity contribution in [3.05, 3.63) is 28.2 Å². The summed E-state index contributed by atoms with van der Waals surface area (Å²) in [5.74, 6) is 0. The molecule has 1 atom stereocenters. The molecule has 2 rings (SSSR count). The highest BCUT2D eigenvalue weighted by Crippen LogP contribution is 2.23. The number of ether oxygens (including phenoxy) is 1. The molecule has 1 aliphatic rings. The van der Waals surface area contributed by atoms with Crippen molar-refractivity contribution in [1.29, 1.82) is 0 Å². The minimum absolute atomic E-state index is 0.149. The molecule has 1 aromatic rings. The Balaban J connectivity index is 2.01. The molecule has 0 aromatic heterocycles. The fourth-order valence-corrected chi connectivity index (χ4v) is 4.22. The van der Waals surface area contributed by atoms with Gasteiger partial charge in [-0.25, -0.2) is 13.1 Å². The maximum atomic E-state index is 12.2. The number of rotatable bonds is 6. The van der Waals surface area contributed by atoms with Crippen LogP contribution in [0.5, 0.6) is 0 Å². The van der Waals surface area contributed by atoms with Gasteiger partial charge in [0, 0.05) is 17.6 Å². The van der Waals surface area contributed by atoms with Crippen molar-refractivity contribution in [2.75, 3.05) is 13.2 Å². The third-order valence-corrected chi connectivity index (χ3v) is 5.71. The van der Waals surface area contributed by atoms with Crippen molar-refractivity contribution in [1.82, 2.24) is 4.72 Å². The van der Waals surface area contributed by atoms with Crippen molar-refractivity contribution < 1.29 is 18.3 Å². The third kappa shape index (κ3) is 4.02. The van der Waals surface area contributed by atoms with Gasteiger partial charge in [0.15, 0.2) is 0 Å². The van der Waals surface area contributed by atoms with E-state index in [4.69, 9.17) is 9.84 Å². The first-order valence-corrected chi connectivity index (χ1v) is 8.81. The van der Waals surface area contributed by atoms with Crippen LogP contribution in [0.1, 0.15) is 24.8 Å². The Kier molecular flexibility index (Phi) is 5.57. The lowest BCUT2D eigenvalue weighted by molar-refractivity contribution is 0.105. The van der Waals surface area contributed by atoms with Crippen molar-refractivity contribution in [3.63, 3.8) is 0 Å². The van der Waals surface area contributed by atoms with Gasteiger partial charge in [-0.3, -0.25) is 0 Å². The monoisotopic (exact) mass is 363 g/mol. The number of halogens is 1. The van der Waals surface area contributed by atoms with E-state index in [1.54, 1.807) is 12.1 Å². The van der Waals surface area contributed by atoms with Gasteiger partial charge in [-0.15, -0.1) is 0 Å². The van der Waals surface area contributed by atoms with Crippen LogP contribution in [0.4, 0.5) is 0 Å². The summed E-state index contributed by atoms with van der Waals surface area (Å²) >= 11 is 3.23. The van der Waals surface area contributed by atoms with E-state index < -0.39 is 10.0 Å². The van der Waals surface area contributed by atoms with E-state index >= 15 is 0 Å². The zero-order valence-corrected chi connectivity index (χ0v) is 13.4. The normalized spacial score (nSPS) is 19.4. The van der Waals surface area contributed by atoms with E-state index in [-0.39, 0.29) is 17.6 Å². The Bertz CT molecular complexity index is 555. The molecule has 0 radical (unpaired) electrons. The summed E-state index contributed by atoms with van der Waals surface area (Å²) in [6.07, 6.45) is 2.87. The van der Waals surface area contributed by atoms with Crippen molar-refractivity contribution >= 4 is 26.0 Å². The summed E-state index contributed by atoms with van der Waals surface area (Å²) in [5.41, 5.74) is 0.563. The highest BCUT2D eigenvalue weighted by Gasteiger charge is 2.20. The number of aliphatic hydroxyl groups is 1. The van der Waals surface area contributed by atoms with Crippen molar-refractivity contribution in [2.24, 2.45) is 0 Å². The summed E-state index contributed by atoms with van der Waals surface area (Å²) in [7, 11) is -3.58. The number of benzene rings is 1. The highest BCUT2D eigenvalue weighted by atomic mass is 79.9. The Morgan fingerprint density at radius 2 is 2.25 bits per heavy atom. The first-order chi connectivity index (χ1) is 9.53. The number of nitrogens with one attached hydrogen (secondary N) is 1. The number of hydrogen-bond donors (Lipinski definition) is 2. The quantitative estimate of drug-likeness (QED) is 0.807. The third-order valence-electron chi connectivity index (χ3n) is 3.25. The topological polar surface area (TPSA) is 75.6 Å². The molecule has 5 nitrogen and oxygen atoms in total. The molecule has 1 saturated heterocycles. The van der Waals surface area contributed by atoms with Crippen LogP contribution in [-0.2, 0) is 21.4 Å². The lowest BCUT2D eigenvalue weighted by atomic mass is 10.2. The highest BCUT2D eigenvalue weighted by molar-refractivity contribution is 9.10. The molecule has 0 bridgehead atoms. The van der Waals surface area contributed by atoms with Crippen LogP contribution in [0.2, 0.25) is 0 Å². The lowest BCUT2D eigenvalue weighted by Gasteiger charge is -2.12.